The molecule has 0 aliphatic rings. The van der Waals surface area contributed by atoms with Crippen LogP contribution in [0.3, 0.4) is 0 Å². The van der Waals surface area contributed by atoms with E-state index in [4.69, 9.17) is 5.11 Å². The Balaban J connectivity index is 2.67. The van der Waals surface area contributed by atoms with Gasteiger partial charge in [-0.3, -0.25) is 19.7 Å². The molecule has 1 aromatic rings. The molecule has 0 aromatic heterocycles. The number of rotatable bonds is 8. The quantitative estimate of drug-likeness (QED) is 0.482. The predicted octanol–water partition coefficient (Wildman–Crippen LogP) is 2.40. The van der Waals surface area contributed by atoms with E-state index in [-0.39, 0.29) is 25.1 Å². The fraction of sp³-hybridized carbons (Fsp3) is 0.429. The van der Waals surface area contributed by atoms with Gasteiger partial charge in [0.15, 0.2) is 0 Å². The van der Waals surface area contributed by atoms with Crippen LogP contribution in [-0.4, -0.2) is 34.5 Å². The number of hydrogen-bond donors (Lipinski definition) is 3. The Morgan fingerprint density at radius 3 is 2.52 bits per heavy atom. The summed E-state index contributed by atoms with van der Waals surface area (Å²) in [6, 6.07) is 1.44. The second kappa shape index (κ2) is 8.31. The minimum Gasteiger partial charge on any atom is -0.481 e. The SMILES string of the molecule is CC(CC(=O)O)NC(=O)CCNc1ccc(C(F)(F)F)cc1[N+](=O)[O-]. The molecule has 3 N–H and O–H groups in total. The van der Waals surface area contributed by atoms with E-state index in [0.29, 0.717) is 12.1 Å². The van der Waals surface area contributed by atoms with Gasteiger partial charge in [0, 0.05) is 25.1 Å². The molecule has 138 valence electrons. The van der Waals surface area contributed by atoms with Crippen molar-refractivity contribution >= 4 is 23.3 Å². The monoisotopic (exact) mass is 363 g/mol. The highest BCUT2D eigenvalue weighted by atomic mass is 19.4. The zero-order valence-corrected chi connectivity index (χ0v) is 13.1. The first-order chi connectivity index (χ1) is 11.5. The van der Waals surface area contributed by atoms with Crippen LogP contribution in [0.5, 0.6) is 0 Å². The Kier molecular flexibility index (Phi) is 6.71. The molecule has 1 unspecified atom stereocenters. The van der Waals surface area contributed by atoms with Gasteiger partial charge in [-0.2, -0.15) is 13.2 Å². The average Bonchev–Trinajstić information content (AvgIpc) is 2.44. The van der Waals surface area contributed by atoms with E-state index in [9.17, 15) is 32.9 Å². The Bertz CT molecular complexity index is 664. The number of carbonyl (C=O) groups is 2. The third kappa shape index (κ3) is 6.65. The van der Waals surface area contributed by atoms with Crippen molar-refractivity contribution in [1.29, 1.82) is 0 Å². The molecule has 0 bridgehead atoms. The van der Waals surface area contributed by atoms with Crippen LogP contribution in [0, 0.1) is 10.1 Å². The van der Waals surface area contributed by atoms with Gasteiger partial charge in [-0.15, -0.1) is 0 Å². The molecule has 1 amide bonds. The third-order valence-electron chi connectivity index (χ3n) is 3.08. The van der Waals surface area contributed by atoms with Crippen molar-refractivity contribution in [2.24, 2.45) is 0 Å². The number of hydrogen-bond acceptors (Lipinski definition) is 5. The highest BCUT2D eigenvalue weighted by molar-refractivity contribution is 5.78. The zero-order valence-electron chi connectivity index (χ0n) is 13.1. The number of alkyl halides is 3. The summed E-state index contributed by atoms with van der Waals surface area (Å²) in [5.41, 5.74) is -2.05. The highest BCUT2D eigenvalue weighted by Gasteiger charge is 2.33. The summed E-state index contributed by atoms with van der Waals surface area (Å²) >= 11 is 0. The largest absolute Gasteiger partial charge is 0.481 e. The number of anilines is 1. The molecule has 0 saturated heterocycles. The first-order valence-corrected chi connectivity index (χ1v) is 7.11. The maximum Gasteiger partial charge on any atom is 0.416 e. The van der Waals surface area contributed by atoms with E-state index in [1.807, 2.05) is 0 Å². The lowest BCUT2D eigenvalue weighted by Gasteiger charge is -2.13. The Morgan fingerprint density at radius 1 is 1.36 bits per heavy atom. The number of nitro groups is 1. The van der Waals surface area contributed by atoms with Crippen molar-refractivity contribution in [1.82, 2.24) is 5.32 Å². The molecule has 0 saturated carbocycles. The molecular weight excluding hydrogens is 347 g/mol. The summed E-state index contributed by atoms with van der Waals surface area (Å²) < 4.78 is 37.8. The second-order valence-electron chi connectivity index (χ2n) is 5.23. The number of nitrogens with zero attached hydrogens (tertiary/aromatic N) is 1. The van der Waals surface area contributed by atoms with E-state index < -0.39 is 40.3 Å². The number of amides is 1. The molecule has 25 heavy (non-hydrogen) atoms. The second-order valence-corrected chi connectivity index (χ2v) is 5.23. The van der Waals surface area contributed by atoms with Gasteiger partial charge in [0.2, 0.25) is 5.91 Å². The number of nitrogens with one attached hydrogen (secondary N) is 2. The Hall–Kier alpha value is -2.85. The summed E-state index contributed by atoms with van der Waals surface area (Å²) in [4.78, 5) is 32.0. The predicted molar refractivity (Wildman–Crippen MR) is 81.1 cm³/mol. The summed E-state index contributed by atoms with van der Waals surface area (Å²) in [5, 5.41) is 24.4. The molecule has 0 heterocycles. The molecule has 0 spiro atoms. The summed E-state index contributed by atoms with van der Waals surface area (Å²) in [6.07, 6.45) is -5.10. The summed E-state index contributed by atoms with van der Waals surface area (Å²) in [6.45, 7) is 1.43. The standard InChI is InChI=1S/C14H16F3N3O5/c1-8(6-13(22)23)19-12(21)4-5-18-10-3-2-9(14(15,16)17)7-11(10)20(24)25/h2-3,7-8,18H,4-6H2,1H3,(H,19,21)(H,22,23). The van der Waals surface area contributed by atoms with Crippen molar-refractivity contribution in [3.63, 3.8) is 0 Å². The molecule has 0 aliphatic carbocycles. The lowest BCUT2D eigenvalue weighted by Crippen LogP contribution is -2.35. The first-order valence-electron chi connectivity index (χ1n) is 7.11. The van der Waals surface area contributed by atoms with Gasteiger partial charge >= 0.3 is 12.1 Å². The van der Waals surface area contributed by atoms with E-state index in [1.54, 1.807) is 0 Å². The van der Waals surface area contributed by atoms with Crippen molar-refractivity contribution in [3.8, 4) is 0 Å². The third-order valence-corrected chi connectivity index (χ3v) is 3.08. The van der Waals surface area contributed by atoms with Gasteiger partial charge in [-0.25, -0.2) is 0 Å². The molecule has 11 heteroatoms. The number of carboxylic acids is 1. The van der Waals surface area contributed by atoms with Crippen LogP contribution in [-0.2, 0) is 15.8 Å². The lowest BCUT2D eigenvalue weighted by molar-refractivity contribution is -0.384. The molecule has 0 radical (unpaired) electrons. The van der Waals surface area contributed by atoms with Gasteiger partial charge in [-0.05, 0) is 19.1 Å². The van der Waals surface area contributed by atoms with Gasteiger partial charge in [-0.1, -0.05) is 0 Å². The van der Waals surface area contributed by atoms with Gasteiger partial charge < -0.3 is 15.7 Å². The van der Waals surface area contributed by atoms with Crippen molar-refractivity contribution in [3.05, 3.63) is 33.9 Å². The maximum absolute atomic E-state index is 12.6. The van der Waals surface area contributed by atoms with Crippen LogP contribution < -0.4 is 10.6 Å². The number of carbonyl (C=O) groups excluding carboxylic acids is 1. The number of nitro benzene ring substituents is 1. The van der Waals surface area contributed by atoms with Crippen LogP contribution in [0.15, 0.2) is 18.2 Å². The number of aliphatic carboxylic acids is 1. The number of benzene rings is 1. The summed E-state index contributed by atoms with van der Waals surface area (Å²) in [7, 11) is 0. The van der Waals surface area contributed by atoms with Crippen LogP contribution in [0.1, 0.15) is 25.3 Å². The van der Waals surface area contributed by atoms with Gasteiger partial charge in [0.05, 0.1) is 16.9 Å². The molecule has 1 rings (SSSR count). The van der Waals surface area contributed by atoms with Crippen molar-refractivity contribution < 1.29 is 32.8 Å². The first kappa shape index (κ1) is 20.2. The molecule has 1 atom stereocenters. The average molecular weight is 363 g/mol. The fourth-order valence-electron chi connectivity index (χ4n) is 1.98. The van der Waals surface area contributed by atoms with Gasteiger partial charge in [0.1, 0.15) is 5.69 Å². The molecule has 0 aliphatic heterocycles. The highest BCUT2D eigenvalue weighted by Crippen LogP contribution is 2.34. The smallest absolute Gasteiger partial charge is 0.416 e. The van der Waals surface area contributed by atoms with E-state index in [0.717, 1.165) is 6.07 Å². The van der Waals surface area contributed by atoms with Crippen LogP contribution >= 0.6 is 0 Å². The fourth-order valence-corrected chi connectivity index (χ4v) is 1.98. The molecule has 0 fully saturated rings. The van der Waals surface area contributed by atoms with E-state index in [1.165, 1.54) is 6.92 Å². The topological polar surface area (TPSA) is 122 Å². The normalized spacial score (nSPS) is 12.3. The Morgan fingerprint density at radius 2 is 2.00 bits per heavy atom. The molecule has 1 aromatic carbocycles. The van der Waals surface area contributed by atoms with Crippen LogP contribution in [0.25, 0.3) is 0 Å². The number of carboxylic acid groups (broad SMARTS) is 1. The minimum atomic E-state index is -4.70. The van der Waals surface area contributed by atoms with Crippen LogP contribution in [0.2, 0.25) is 0 Å². The van der Waals surface area contributed by atoms with Crippen molar-refractivity contribution in [2.45, 2.75) is 32.0 Å². The lowest BCUT2D eigenvalue weighted by atomic mass is 10.1. The van der Waals surface area contributed by atoms with E-state index >= 15 is 0 Å². The van der Waals surface area contributed by atoms with E-state index in [2.05, 4.69) is 10.6 Å². The minimum absolute atomic E-state index is 0.0716. The number of halogens is 3. The zero-order chi connectivity index (χ0) is 19.2. The Labute approximate surface area is 140 Å². The van der Waals surface area contributed by atoms with Crippen LogP contribution in [0.4, 0.5) is 24.5 Å². The molecule has 8 nitrogen and oxygen atoms in total. The van der Waals surface area contributed by atoms with Gasteiger partial charge in [0.25, 0.3) is 5.69 Å². The molecular formula is C14H16F3N3O5. The maximum atomic E-state index is 12.6. The summed E-state index contributed by atoms with van der Waals surface area (Å²) in [5.74, 6) is -1.57. The van der Waals surface area contributed by atoms with Crippen molar-refractivity contribution in [2.75, 3.05) is 11.9 Å².